The summed E-state index contributed by atoms with van der Waals surface area (Å²) in [6.07, 6.45) is 2.04. The molecule has 0 N–H and O–H groups in total. The normalized spacial score (nSPS) is 16.1. The first-order chi connectivity index (χ1) is 12.2. The summed E-state index contributed by atoms with van der Waals surface area (Å²) in [5.74, 6) is 1.68. The zero-order valence-corrected chi connectivity index (χ0v) is 16.7. The predicted molar refractivity (Wildman–Crippen MR) is 104 cm³/mol. The molecule has 1 aliphatic heterocycles. The molecule has 0 aliphatic carbocycles. The summed E-state index contributed by atoms with van der Waals surface area (Å²) < 4.78 is 25.1. The zero-order valence-electron chi connectivity index (χ0n) is 15.9. The molecule has 1 saturated heterocycles. The number of hydrogen-bond donors (Lipinski definition) is 0. The molecule has 1 aromatic carbocycles. The standard InChI is InChI=1S/C19H26N4O2S/c1-14-6-5-7-17(12-14)13-18-15(2)20-16(3)21-19(18)22-8-10-23(11-9-22)26(4,24)25/h5-7,12H,8-11,13H2,1-4H3. The molecular formula is C19H26N4O2S. The lowest BCUT2D eigenvalue weighted by Crippen LogP contribution is -2.49. The van der Waals surface area contributed by atoms with Gasteiger partial charge in [-0.1, -0.05) is 29.8 Å². The molecule has 7 heteroatoms. The summed E-state index contributed by atoms with van der Waals surface area (Å²) in [6, 6.07) is 8.47. The minimum Gasteiger partial charge on any atom is -0.354 e. The lowest BCUT2D eigenvalue weighted by atomic mass is 10.0. The van der Waals surface area contributed by atoms with Crippen LogP contribution in [-0.2, 0) is 16.4 Å². The van der Waals surface area contributed by atoms with E-state index in [0.717, 1.165) is 29.3 Å². The van der Waals surface area contributed by atoms with Gasteiger partial charge in [0.2, 0.25) is 10.0 Å². The molecule has 2 heterocycles. The fourth-order valence-electron chi connectivity index (χ4n) is 3.44. The molecule has 0 radical (unpaired) electrons. The molecule has 1 fully saturated rings. The van der Waals surface area contributed by atoms with Crippen molar-refractivity contribution in [2.75, 3.05) is 37.3 Å². The Hall–Kier alpha value is -1.99. The van der Waals surface area contributed by atoms with Crippen molar-refractivity contribution in [3.05, 3.63) is 52.5 Å². The highest BCUT2D eigenvalue weighted by Gasteiger charge is 2.26. The molecule has 0 atom stereocenters. The second-order valence-electron chi connectivity index (χ2n) is 6.97. The van der Waals surface area contributed by atoms with E-state index in [9.17, 15) is 8.42 Å². The van der Waals surface area contributed by atoms with E-state index in [4.69, 9.17) is 4.98 Å². The second-order valence-corrected chi connectivity index (χ2v) is 8.96. The van der Waals surface area contributed by atoms with Gasteiger partial charge < -0.3 is 4.90 Å². The van der Waals surface area contributed by atoms with Gasteiger partial charge in [-0.2, -0.15) is 4.31 Å². The van der Waals surface area contributed by atoms with Crippen LogP contribution in [0.4, 0.5) is 5.82 Å². The molecule has 140 valence electrons. The molecule has 3 rings (SSSR count). The molecule has 2 aromatic rings. The minimum atomic E-state index is -3.14. The average Bonchev–Trinajstić information content (AvgIpc) is 2.56. The molecule has 0 amide bonds. The van der Waals surface area contributed by atoms with Crippen molar-refractivity contribution < 1.29 is 8.42 Å². The first-order valence-electron chi connectivity index (χ1n) is 8.84. The Bertz CT molecular complexity index is 904. The van der Waals surface area contributed by atoms with E-state index in [1.54, 1.807) is 0 Å². The van der Waals surface area contributed by atoms with Crippen LogP contribution < -0.4 is 4.90 Å². The van der Waals surface area contributed by atoms with Crippen molar-refractivity contribution in [2.45, 2.75) is 27.2 Å². The van der Waals surface area contributed by atoms with E-state index in [1.165, 1.54) is 21.7 Å². The number of sulfonamides is 1. The van der Waals surface area contributed by atoms with Crippen LogP contribution in [0.3, 0.4) is 0 Å². The van der Waals surface area contributed by atoms with Gasteiger partial charge in [0.15, 0.2) is 0 Å². The third kappa shape index (κ3) is 4.22. The van der Waals surface area contributed by atoms with E-state index >= 15 is 0 Å². The van der Waals surface area contributed by atoms with Gasteiger partial charge in [-0.25, -0.2) is 18.4 Å². The summed E-state index contributed by atoms with van der Waals surface area (Å²) in [6.45, 7) is 8.28. The molecular weight excluding hydrogens is 348 g/mol. The first kappa shape index (κ1) is 18.8. The van der Waals surface area contributed by atoms with Gasteiger partial charge in [0.25, 0.3) is 0 Å². The fourth-order valence-corrected chi connectivity index (χ4v) is 4.27. The first-order valence-corrected chi connectivity index (χ1v) is 10.7. The monoisotopic (exact) mass is 374 g/mol. The molecule has 26 heavy (non-hydrogen) atoms. The smallest absolute Gasteiger partial charge is 0.211 e. The van der Waals surface area contributed by atoms with Gasteiger partial charge >= 0.3 is 0 Å². The SMILES string of the molecule is Cc1cccc(Cc2c(C)nc(C)nc2N2CCN(S(C)(=O)=O)CC2)c1. The van der Waals surface area contributed by atoms with Gasteiger partial charge in [-0.05, 0) is 26.3 Å². The quantitative estimate of drug-likeness (QED) is 0.820. The summed E-state index contributed by atoms with van der Waals surface area (Å²) in [5, 5.41) is 0. The number of aromatic nitrogens is 2. The van der Waals surface area contributed by atoms with Crippen molar-refractivity contribution in [1.29, 1.82) is 0 Å². The highest BCUT2D eigenvalue weighted by Crippen LogP contribution is 2.25. The van der Waals surface area contributed by atoms with Crippen LogP contribution in [0, 0.1) is 20.8 Å². The Kier molecular flexibility index (Phi) is 5.29. The molecule has 1 aromatic heterocycles. The number of anilines is 1. The third-order valence-electron chi connectivity index (χ3n) is 4.77. The third-order valence-corrected chi connectivity index (χ3v) is 6.08. The van der Waals surface area contributed by atoms with Crippen LogP contribution in [-0.4, -0.2) is 55.1 Å². The van der Waals surface area contributed by atoms with Crippen LogP contribution in [0.2, 0.25) is 0 Å². The van der Waals surface area contributed by atoms with Gasteiger partial charge in [0.05, 0.1) is 6.26 Å². The molecule has 0 bridgehead atoms. The Labute approximate surface area is 155 Å². The Balaban J connectivity index is 1.90. The number of piperazine rings is 1. The van der Waals surface area contributed by atoms with Crippen molar-refractivity contribution >= 4 is 15.8 Å². The average molecular weight is 375 g/mol. The van der Waals surface area contributed by atoms with Crippen LogP contribution >= 0.6 is 0 Å². The lowest BCUT2D eigenvalue weighted by molar-refractivity contribution is 0.386. The van der Waals surface area contributed by atoms with Crippen molar-refractivity contribution in [1.82, 2.24) is 14.3 Å². The summed E-state index contributed by atoms with van der Waals surface area (Å²) >= 11 is 0. The van der Waals surface area contributed by atoms with Crippen LogP contribution in [0.5, 0.6) is 0 Å². The minimum absolute atomic E-state index is 0.491. The molecule has 6 nitrogen and oxygen atoms in total. The van der Waals surface area contributed by atoms with E-state index in [2.05, 4.69) is 41.1 Å². The largest absolute Gasteiger partial charge is 0.354 e. The maximum atomic E-state index is 11.8. The van der Waals surface area contributed by atoms with Gasteiger partial charge in [0, 0.05) is 43.9 Å². The van der Waals surface area contributed by atoms with Crippen LogP contribution in [0.25, 0.3) is 0 Å². The Morgan fingerprint density at radius 1 is 1.04 bits per heavy atom. The fraction of sp³-hybridized carbons (Fsp3) is 0.474. The predicted octanol–water partition coefficient (Wildman–Crippen LogP) is 2.07. The van der Waals surface area contributed by atoms with E-state index in [0.29, 0.717) is 26.2 Å². The van der Waals surface area contributed by atoms with Crippen molar-refractivity contribution in [3.63, 3.8) is 0 Å². The molecule has 0 unspecified atom stereocenters. The summed E-state index contributed by atoms with van der Waals surface area (Å²) in [7, 11) is -3.14. The maximum absolute atomic E-state index is 11.8. The summed E-state index contributed by atoms with van der Waals surface area (Å²) in [5.41, 5.74) is 4.57. The van der Waals surface area contributed by atoms with Crippen LogP contribution in [0.15, 0.2) is 24.3 Å². The van der Waals surface area contributed by atoms with Gasteiger partial charge in [-0.15, -0.1) is 0 Å². The summed E-state index contributed by atoms with van der Waals surface area (Å²) in [4.78, 5) is 11.5. The topological polar surface area (TPSA) is 66.4 Å². The van der Waals surface area contributed by atoms with E-state index in [1.807, 2.05) is 13.8 Å². The Morgan fingerprint density at radius 3 is 2.35 bits per heavy atom. The van der Waals surface area contributed by atoms with Crippen molar-refractivity contribution in [3.8, 4) is 0 Å². The van der Waals surface area contributed by atoms with Gasteiger partial charge in [-0.3, -0.25) is 0 Å². The highest BCUT2D eigenvalue weighted by atomic mass is 32.2. The Morgan fingerprint density at radius 2 is 1.73 bits per heavy atom. The number of nitrogens with zero attached hydrogens (tertiary/aromatic N) is 4. The van der Waals surface area contributed by atoms with Crippen LogP contribution in [0.1, 0.15) is 28.2 Å². The second kappa shape index (κ2) is 7.32. The molecule has 1 aliphatic rings. The van der Waals surface area contributed by atoms with E-state index < -0.39 is 10.0 Å². The number of hydrogen-bond acceptors (Lipinski definition) is 5. The zero-order chi connectivity index (χ0) is 18.9. The number of aryl methyl sites for hydroxylation is 3. The maximum Gasteiger partial charge on any atom is 0.211 e. The highest BCUT2D eigenvalue weighted by molar-refractivity contribution is 7.88. The van der Waals surface area contributed by atoms with Gasteiger partial charge in [0.1, 0.15) is 11.6 Å². The molecule has 0 saturated carbocycles. The number of benzene rings is 1. The van der Waals surface area contributed by atoms with E-state index in [-0.39, 0.29) is 0 Å². The van der Waals surface area contributed by atoms with Crippen molar-refractivity contribution in [2.24, 2.45) is 0 Å². The lowest BCUT2D eigenvalue weighted by Gasteiger charge is -2.35. The molecule has 0 spiro atoms. The number of rotatable bonds is 4.